The number of hydrogen-bond acceptors (Lipinski definition) is 4. The highest BCUT2D eigenvalue weighted by atomic mass is 32.2. The molecule has 0 saturated heterocycles. The molecule has 0 fully saturated rings. The van der Waals surface area contributed by atoms with Crippen LogP contribution >= 0.6 is 11.8 Å². The van der Waals surface area contributed by atoms with E-state index in [0.29, 0.717) is 17.7 Å². The van der Waals surface area contributed by atoms with Gasteiger partial charge < -0.3 is 5.32 Å². The minimum Gasteiger partial charge on any atom is -0.326 e. The second-order valence-electron chi connectivity index (χ2n) is 5.72. The highest BCUT2D eigenvalue weighted by Gasteiger charge is 2.34. The number of thioether (sulfide) groups is 1. The first-order valence-corrected chi connectivity index (χ1v) is 9.00. The van der Waals surface area contributed by atoms with Crippen LogP contribution in [0.1, 0.15) is 34.1 Å². The van der Waals surface area contributed by atoms with Gasteiger partial charge in [-0.1, -0.05) is 12.1 Å². The third-order valence-electron chi connectivity index (χ3n) is 3.85. The first-order valence-electron chi connectivity index (χ1n) is 8.02. The van der Waals surface area contributed by atoms with Crippen molar-refractivity contribution < 1.29 is 14.4 Å². The highest BCUT2D eigenvalue weighted by molar-refractivity contribution is 7.99. The van der Waals surface area contributed by atoms with Crippen molar-refractivity contribution in [2.24, 2.45) is 0 Å². The van der Waals surface area contributed by atoms with Crippen LogP contribution in [0.5, 0.6) is 0 Å². The molecular weight excluding hydrogens is 336 g/mol. The van der Waals surface area contributed by atoms with Crippen LogP contribution in [-0.4, -0.2) is 34.9 Å². The third-order valence-corrected chi connectivity index (χ3v) is 4.95. The quantitative estimate of drug-likeness (QED) is 0.490. The van der Waals surface area contributed by atoms with Crippen molar-refractivity contribution in [2.75, 3.05) is 17.6 Å². The molecule has 0 unspecified atom stereocenters. The normalized spacial score (nSPS) is 13.1. The van der Waals surface area contributed by atoms with Crippen molar-refractivity contribution in [2.45, 2.75) is 18.2 Å². The van der Waals surface area contributed by atoms with E-state index in [4.69, 9.17) is 0 Å². The van der Waals surface area contributed by atoms with Crippen LogP contribution in [-0.2, 0) is 4.79 Å². The van der Waals surface area contributed by atoms with Gasteiger partial charge in [0.1, 0.15) is 0 Å². The lowest BCUT2D eigenvalue weighted by atomic mass is 10.1. The van der Waals surface area contributed by atoms with Crippen LogP contribution < -0.4 is 5.32 Å². The Hall–Kier alpha value is -2.60. The molecule has 1 aliphatic heterocycles. The van der Waals surface area contributed by atoms with E-state index in [1.54, 1.807) is 36.0 Å². The largest absolute Gasteiger partial charge is 0.326 e. The van der Waals surface area contributed by atoms with E-state index in [2.05, 4.69) is 5.32 Å². The maximum absolute atomic E-state index is 12.3. The summed E-state index contributed by atoms with van der Waals surface area (Å²) in [5, 5.41) is 2.72. The first-order chi connectivity index (χ1) is 12.1. The van der Waals surface area contributed by atoms with Crippen molar-refractivity contribution in [3.05, 3.63) is 59.7 Å². The lowest BCUT2D eigenvalue weighted by Gasteiger charge is -2.13. The molecule has 2 aromatic carbocycles. The molecule has 0 aliphatic carbocycles. The van der Waals surface area contributed by atoms with Gasteiger partial charge in [-0.15, -0.1) is 11.8 Å². The predicted molar refractivity (Wildman–Crippen MR) is 97.9 cm³/mol. The number of carbonyl (C=O) groups is 3. The van der Waals surface area contributed by atoms with E-state index in [1.165, 1.54) is 11.8 Å². The van der Waals surface area contributed by atoms with Crippen molar-refractivity contribution in [1.29, 1.82) is 0 Å². The summed E-state index contributed by atoms with van der Waals surface area (Å²) in [4.78, 5) is 37.9. The standard InChI is InChI=1S/C19H18N2O3S/c1-13(22)20-14-7-9-15(10-8-14)25-12-4-11-21-18(23)16-5-2-3-6-17(16)19(21)24/h2-3,5-10H,4,11-12H2,1H3,(H,20,22). The monoisotopic (exact) mass is 354 g/mol. The SMILES string of the molecule is CC(=O)Nc1ccc(SCCCN2C(=O)c3ccccc3C2=O)cc1. The van der Waals surface area contributed by atoms with Gasteiger partial charge in [0.15, 0.2) is 0 Å². The average molecular weight is 354 g/mol. The lowest BCUT2D eigenvalue weighted by molar-refractivity contribution is -0.114. The highest BCUT2D eigenvalue weighted by Crippen LogP contribution is 2.24. The summed E-state index contributed by atoms with van der Waals surface area (Å²) >= 11 is 1.66. The predicted octanol–water partition coefficient (Wildman–Crippen LogP) is 3.42. The Morgan fingerprint density at radius 2 is 1.60 bits per heavy atom. The van der Waals surface area contributed by atoms with Gasteiger partial charge in [0.05, 0.1) is 11.1 Å². The molecule has 3 amide bonds. The van der Waals surface area contributed by atoms with Crippen molar-refractivity contribution in [1.82, 2.24) is 4.90 Å². The second kappa shape index (κ2) is 7.53. The van der Waals surface area contributed by atoms with Crippen LogP contribution in [0, 0.1) is 0 Å². The van der Waals surface area contributed by atoms with Crippen molar-refractivity contribution >= 4 is 35.2 Å². The van der Waals surface area contributed by atoms with E-state index in [-0.39, 0.29) is 17.7 Å². The number of fused-ring (bicyclic) bond motifs is 1. The Labute approximate surface area is 150 Å². The van der Waals surface area contributed by atoms with Crippen LogP contribution in [0.15, 0.2) is 53.4 Å². The molecule has 1 N–H and O–H groups in total. The fourth-order valence-electron chi connectivity index (χ4n) is 2.69. The van der Waals surface area contributed by atoms with E-state index in [1.807, 2.05) is 24.3 Å². The molecule has 0 saturated carbocycles. The molecule has 25 heavy (non-hydrogen) atoms. The lowest BCUT2D eigenvalue weighted by Crippen LogP contribution is -2.30. The number of amides is 3. The zero-order valence-electron chi connectivity index (χ0n) is 13.8. The molecule has 128 valence electrons. The fourth-order valence-corrected chi connectivity index (χ4v) is 3.53. The number of nitrogens with zero attached hydrogens (tertiary/aromatic N) is 1. The van der Waals surface area contributed by atoms with Crippen molar-refractivity contribution in [3.8, 4) is 0 Å². The number of nitrogens with one attached hydrogen (secondary N) is 1. The van der Waals surface area contributed by atoms with E-state index < -0.39 is 0 Å². The van der Waals surface area contributed by atoms with Crippen LogP contribution in [0.4, 0.5) is 5.69 Å². The van der Waals surface area contributed by atoms with Gasteiger partial charge in [-0.25, -0.2) is 0 Å². The number of rotatable bonds is 6. The van der Waals surface area contributed by atoms with Gasteiger partial charge in [-0.05, 0) is 48.6 Å². The summed E-state index contributed by atoms with van der Waals surface area (Å²) in [6.07, 6.45) is 0.726. The second-order valence-corrected chi connectivity index (χ2v) is 6.88. The zero-order valence-corrected chi connectivity index (χ0v) is 14.6. The number of benzene rings is 2. The van der Waals surface area contributed by atoms with Gasteiger partial charge in [0.25, 0.3) is 11.8 Å². The maximum Gasteiger partial charge on any atom is 0.261 e. The molecule has 6 heteroatoms. The molecule has 3 rings (SSSR count). The summed E-state index contributed by atoms with van der Waals surface area (Å²) in [5.74, 6) is 0.296. The molecule has 0 bridgehead atoms. The average Bonchev–Trinajstić information content (AvgIpc) is 2.84. The summed E-state index contributed by atoms with van der Waals surface area (Å²) in [7, 11) is 0. The van der Waals surface area contributed by atoms with Crippen molar-refractivity contribution in [3.63, 3.8) is 0 Å². The Balaban J connectivity index is 1.49. The van der Waals surface area contributed by atoms with Gasteiger partial charge >= 0.3 is 0 Å². The Morgan fingerprint density at radius 3 is 2.16 bits per heavy atom. The van der Waals surface area contributed by atoms with Gasteiger partial charge in [-0.3, -0.25) is 19.3 Å². The van der Waals surface area contributed by atoms with E-state index in [9.17, 15) is 14.4 Å². The Morgan fingerprint density at radius 1 is 1.00 bits per heavy atom. The summed E-state index contributed by atoms with van der Waals surface area (Å²) in [6.45, 7) is 1.89. The first kappa shape index (κ1) is 17.2. The zero-order chi connectivity index (χ0) is 17.8. The minimum absolute atomic E-state index is 0.0960. The summed E-state index contributed by atoms with van der Waals surface area (Å²) in [6, 6.07) is 14.5. The number of anilines is 1. The summed E-state index contributed by atoms with van der Waals surface area (Å²) < 4.78 is 0. The molecule has 2 aromatic rings. The Kier molecular flexibility index (Phi) is 5.19. The number of imide groups is 1. The number of hydrogen-bond donors (Lipinski definition) is 1. The van der Waals surface area contributed by atoms with Gasteiger partial charge in [0, 0.05) is 24.1 Å². The molecule has 5 nitrogen and oxygen atoms in total. The van der Waals surface area contributed by atoms with Crippen LogP contribution in [0.3, 0.4) is 0 Å². The molecule has 1 aliphatic rings. The molecule has 0 radical (unpaired) electrons. The molecule has 0 atom stereocenters. The van der Waals surface area contributed by atoms with Crippen LogP contribution in [0.2, 0.25) is 0 Å². The minimum atomic E-state index is -0.203. The molecule has 0 aromatic heterocycles. The van der Waals surface area contributed by atoms with Gasteiger partial charge in [0.2, 0.25) is 5.91 Å². The number of carbonyl (C=O) groups excluding carboxylic acids is 3. The third kappa shape index (κ3) is 3.91. The molecule has 0 spiro atoms. The molecular formula is C19H18N2O3S. The van der Waals surface area contributed by atoms with Crippen LogP contribution in [0.25, 0.3) is 0 Å². The fraction of sp³-hybridized carbons (Fsp3) is 0.211. The smallest absolute Gasteiger partial charge is 0.261 e. The maximum atomic E-state index is 12.3. The van der Waals surface area contributed by atoms with E-state index >= 15 is 0 Å². The molecule has 1 heterocycles. The topological polar surface area (TPSA) is 66.5 Å². The van der Waals surface area contributed by atoms with E-state index in [0.717, 1.165) is 22.8 Å². The Bertz CT molecular complexity index is 783. The summed E-state index contributed by atoms with van der Waals surface area (Å²) in [5.41, 5.74) is 1.75. The van der Waals surface area contributed by atoms with Gasteiger partial charge in [-0.2, -0.15) is 0 Å².